The molecule has 0 radical (unpaired) electrons. The Balaban J connectivity index is 2.40. The average molecular weight is 272 g/mol. The number of carbonyl (C=O) groups is 2. The van der Waals surface area contributed by atoms with E-state index < -0.39 is 12.3 Å². The highest BCUT2D eigenvalue weighted by molar-refractivity contribution is 6.18. The van der Waals surface area contributed by atoms with Crippen LogP contribution < -0.4 is 10.1 Å². The maximum Gasteiger partial charge on any atom is 0.514 e. The minimum atomic E-state index is -0.850. The lowest BCUT2D eigenvalue weighted by molar-refractivity contribution is -0.119. The van der Waals surface area contributed by atoms with E-state index in [1.165, 1.54) is 6.92 Å². The van der Waals surface area contributed by atoms with Crippen molar-refractivity contribution in [2.75, 3.05) is 12.4 Å². The van der Waals surface area contributed by atoms with Gasteiger partial charge in [0.2, 0.25) is 5.91 Å². The molecule has 0 aliphatic rings. The van der Waals surface area contributed by atoms with Crippen molar-refractivity contribution in [1.29, 1.82) is 0 Å². The van der Waals surface area contributed by atoms with Gasteiger partial charge in [0, 0.05) is 6.92 Å². The van der Waals surface area contributed by atoms with Crippen LogP contribution in [0.1, 0.15) is 6.92 Å². The summed E-state index contributed by atoms with van der Waals surface area (Å²) in [5.41, 5.74) is 0. The van der Waals surface area contributed by atoms with Crippen LogP contribution in [0.15, 0.2) is 30.3 Å². The SMILES string of the molecule is CC(=O)NC[C@@H](CCl)OC(=O)Oc1ccccc1. The number of benzene rings is 1. The minimum absolute atomic E-state index is 0.0736. The zero-order valence-electron chi connectivity index (χ0n) is 9.89. The van der Waals surface area contributed by atoms with Gasteiger partial charge in [0.15, 0.2) is 0 Å². The molecule has 5 nitrogen and oxygen atoms in total. The first kappa shape index (κ1) is 14.3. The highest BCUT2D eigenvalue weighted by atomic mass is 35.5. The molecule has 0 saturated carbocycles. The summed E-state index contributed by atoms with van der Waals surface area (Å²) in [5.74, 6) is 0.241. The molecular weight excluding hydrogens is 258 g/mol. The fourth-order valence-corrected chi connectivity index (χ4v) is 1.30. The van der Waals surface area contributed by atoms with E-state index in [1.807, 2.05) is 0 Å². The molecule has 0 aliphatic heterocycles. The van der Waals surface area contributed by atoms with Crippen molar-refractivity contribution in [2.24, 2.45) is 0 Å². The largest absolute Gasteiger partial charge is 0.514 e. The van der Waals surface area contributed by atoms with Crippen molar-refractivity contribution in [2.45, 2.75) is 13.0 Å². The van der Waals surface area contributed by atoms with Crippen molar-refractivity contribution in [1.82, 2.24) is 5.32 Å². The molecule has 1 atom stereocenters. The molecule has 1 aromatic rings. The predicted molar refractivity (Wildman–Crippen MR) is 66.7 cm³/mol. The molecule has 0 bridgehead atoms. The van der Waals surface area contributed by atoms with Gasteiger partial charge in [-0.3, -0.25) is 4.79 Å². The third-order valence-electron chi connectivity index (χ3n) is 1.96. The summed E-state index contributed by atoms with van der Waals surface area (Å²) in [6.45, 7) is 1.52. The Morgan fingerprint density at radius 2 is 2.00 bits per heavy atom. The van der Waals surface area contributed by atoms with Gasteiger partial charge >= 0.3 is 6.16 Å². The Hall–Kier alpha value is -1.75. The lowest BCUT2D eigenvalue weighted by atomic mass is 10.3. The Morgan fingerprint density at radius 3 is 2.56 bits per heavy atom. The summed E-state index contributed by atoms with van der Waals surface area (Å²) in [6.07, 6.45) is -1.47. The number of alkyl halides is 1. The molecule has 18 heavy (non-hydrogen) atoms. The molecule has 0 unspecified atom stereocenters. The Kier molecular flexibility index (Phi) is 6.00. The van der Waals surface area contributed by atoms with E-state index >= 15 is 0 Å². The van der Waals surface area contributed by atoms with Crippen LogP contribution in [0.4, 0.5) is 4.79 Å². The second-order valence-corrected chi connectivity index (χ2v) is 3.80. The minimum Gasteiger partial charge on any atom is -0.428 e. The number of carbonyl (C=O) groups excluding carboxylic acids is 2. The van der Waals surface area contributed by atoms with Gasteiger partial charge in [-0.2, -0.15) is 0 Å². The van der Waals surface area contributed by atoms with Gasteiger partial charge in [0.1, 0.15) is 11.9 Å². The van der Waals surface area contributed by atoms with E-state index in [-0.39, 0.29) is 18.3 Å². The third kappa shape index (κ3) is 5.54. The van der Waals surface area contributed by atoms with Crippen LogP contribution in [-0.4, -0.2) is 30.6 Å². The molecule has 98 valence electrons. The van der Waals surface area contributed by atoms with Gasteiger partial charge in [-0.05, 0) is 12.1 Å². The van der Waals surface area contributed by atoms with Crippen LogP contribution in [0.2, 0.25) is 0 Å². The molecule has 6 heteroatoms. The summed E-state index contributed by atoms with van der Waals surface area (Å²) in [4.78, 5) is 22.1. The maximum absolute atomic E-state index is 11.4. The standard InChI is InChI=1S/C12H14ClNO4/c1-9(15)14-8-11(7-13)18-12(16)17-10-5-3-2-4-6-10/h2-6,11H,7-8H2,1H3,(H,14,15)/t11-/m1/s1. The highest BCUT2D eigenvalue weighted by Gasteiger charge is 2.15. The van der Waals surface area contributed by atoms with Crippen molar-refractivity contribution in [3.63, 3.8) is 0 Å². The second-order valence-electron chi connectivity index (χ2n) is 3.50. The van der Waals surface area contributed by atoms with E-state index in [0.29, 0.717) is 5.75 Å². The van der Waals surface area contributed by atoms with Crippen molar-refractivity contribution in [3.05, 3.63) is 30.3 Å². The van der Waals surface area contributed by atoms with Gasteiger partial charge in [-0.25, -0.2) is 4.79 Å². The quantitative estimate of drug-likeness (QED) is 0.505. The summed E-state index contributed by atoms with van der Waals surface area (Å²) in [6, 6.07) is 8.53. The van der Waals surface area contributed by atoms with Gasteiger partial charge in [-0.15, -0.1) is 11.6 Å². The van der Waals surface area contributed by atoms with Crippen LogP contribution in [0.25, 0.3) is 0 Å². The van der Waals surface area contributed by atoms with E-state index in [2.05, 4.69) is 5.32 Å². The molecular formula is C12H14ClNO4. The fourth-order valence-electron chi connectivity index (χ4n) is 1.13. The van der Waals surface area contributed by atoms with Gasteiger partial charge in [0.05, 0.1) is 12.4 Å². The summed E-state index contributed by atoms with van der Waals surface area (Å²) in [7, 11) is 0. The lowest BCUT2D eigenvalue weighted by Crippen LogP contribution is -2.35. The lowest BCUT2D eigenvalue weighted by Gasteiger charge is -2.15. The molecule has 0 spiro atoms. The van der Waals surface area contributed by atoms with E-state index in [9.17, 15) is 9.59 Å². The first-order chi connectivity index (χ1) is 8.61. The number of amides is 1. The van der Waals surface area contributed by atoms with E-state index in [0.717, 1.165) is 0 Å². The maximum atomic E-state index is 11.4. The number of halogens is 1. The Morgan fingerprint density at radius 1 is 1.33 bits per heavy atom. The highest BCUT2D eigenvalue weighted by Crippen LogP contribution is 2.10. The van der Waals surface area contributed by atoms with Gasteiger partial charge < -0.3 is 14.8 Å². The summed E-state index contributed by atoms with van der Waals surface area (Å²) < 4.78 is 9.87. The number of rotatable bonds is 5. The topological polar surface area (TPSA) is 64.6 Å². The van der Waals surface area contributed by atoms with Crippen molar-refractivity contribution in [3.8, 4) is 5.75 Å². The van der Waals surface area contributed by atoms with Crippen LogP contribution in [-0.2, 0) is 9.53 Å². The Labute approximate surface area is 110 Å². The van der Waals surface area contributed by atoms with E-state index in [4.69, 9.17) is 21.1 Å². The van der Waals surface area contributed by atoms with Crippen LogP contribution in [0, 0.1) is 0 Å². The molecule has 0 aliphatic carbocycles. The number of nitrogens with one attached hydrogen (secondary N) is 1. The van der Waals surface area contributed by atoms with Crippen LogP contribution >= 0.6 is 11.6 Å². The normalized spacial score (nSPS) is 11.4. The number of hydrogen-bond donors (Lipinski definition) is 1. The monoisotopic (exact) mass is 271 g/mol. The van der Waals surface area contributed by atoms with Gasteiger partial charge in [0.25, 0.3) is 0 Å². The molecule has 0 aromatic heterocycles. The zero-order valence-corrected chi connectivity index (χ0v) is 10.6. The number of ether oxygens (including phenoxy) is 2. The van der Waals surface area contributed by atoms with E-state index in [1.54, 1.807) is 30.3 Å². The fraction of sp³-hybridized carbons (Fsp3) is 0.333. The average Bonchev–Trinajstić information content (AvgIpc) is 2.35. The molecule has 1 N–H and O–H groups in total. The summed E-state index contributed by atoms with van der Waals surface area (Å²) in [5, 5.41) is 2.51. The van der Waals surface area contributed by atoms with Gasteiger partial charge in [-0.1, -0.05) is 18.2 Å². The molecule has 1 aromatic carbocycles. The zero-order chi connectivity index (χ0) is 13.4. The predicted octanol–water partition coefficient (Wildman–Crippen LogP) is 1.95. The Bertz CT molecular complexity index is 396. The second kappa shape index (κ2) is 7.55. The molecule has 1 amide bonds. The first-order valence-corrected chi connectivity index (χ1v) is 5.89. The molecule has 0 saturated heterocycles. The van der Waals surface area contributed by atoms with Crippen molar-refractivity contribution < 1.29 is 19.1 Å². The first-order valence-electron chi connectivity index (χ1n) is 5.35. The van der Waals surface area contributed by atoms with Crippen LogP contribution in [0.5, 0.6) is 5.75 Å². The molecule has 1 rings (SSSR count). The summed E-state index contributed by atoms with van der Waals surface area (Å²) >= 11 is 5.61. The third-order valence-corrected chi connectivity index (χ3v) is 2.30. The number of hydrogen-bond acceptors (Lipinski definition) is 4. The molecule has 0 heterocycles. The smallest absolute Gasteiger partial charge is 0.428 e. The van der Waals surface area contributed by atoms with Crippen molar-refractivity contribution >= 4 is 23.7 Å². The number of para-hydroxylation sites is 1. The molecule has 0 fully saturated rings. The van der Waals surface area contributed by atoms with Crippen LogP contribution in [0.3, 0.4) is 0 Å².